The van der Waals surface area contributed by atoms with E-state index >= 15 is 0 Å². The van der Waals surface area contributed by atoms with Crippen molar-refractivity contribution in [3.63, 3.8) is 0 Å². The first kappa shape index (κ1) is 10.6. The largest absolute Gasteiger partial charge is 0.368 e. The number of carbonyl (C=O) groups is 1. The Morgan fingerprint density at radius 2 is 2.50 bits per heavy atom. The molecule has 0 saturated carbocycles. The summed E-state index contributed by atoms with van der Waals surface area (Å²) in [5.41, 5.74) is 8.62. The number of amides is 1. The lowest BCUT2D eigenvalue weighted by molar-refractivity contribution is -0.125. The van der Waals surface area contributed by atoms with Gasteiger partial charge in [-0.15, -0.1) is 0 Å². The molecule has 0 aromatic carbocycles. The summed E-state index contributed by atoms with van der Waals surface area (Å²) in [6.07, 6.45) is 4.31. The van der Waals surface area contributed by atoms with Crippen molar-refractivity contribution in [2.75, 3.05) is 13.2 Å². The molecule has 1 aromatic heterocycles. The number of nitrogens with two attached hydrogens (primary N) is 1. The molecule has 0 spiro atoms. The minimum absolute atomic E-state index is 0.104. The molecular formula is C9H13N3O2. The topological polar surface area (TPSA) is 77.2 Å². The highest BCUT2D eigenvalue weighted by Gasteiger charge is 1.94. The van der Waals surface area contributed by atoms with Crippen LogP contribution < -0.4 is 11.2 Å². The fourth-order valence-electron chi connectivity index (χ4n) is 0.936. The molecule has 0 unspecified atom stereocenters. The molecule has 1 amide bonds. The zero-order valence-electron chi connectivity index (χ0n) is 7.77. The van der Waals surface area contributed by atoms with Gasteiger partial charge in [0.25, 0.3) is 0 Å². The van der Waals surface area contributed by atoms with Gasteiger partial charge in [0.2, 0.25) is 5.91 Å². The maximum Gasteiger partial charge on any atom is 0.245 e. The van der Waals surface area contributed by atoms with Gasteiger partial charge in [0.05, 0.1) is 0 Å². The van der Waals surface area contributed by atoms with Gasteiger partial charge < -0.3 is 5.73 Å². The summed E-state index contributed by atoms with van der Waals surface area (Å²) < 4.78 is 0. The van der Waals surface area contributed by atoms with Crippen molar-refractivity contribution < 1.29 is 9.63 Å². The third-order valence-corrected chi connectivity index (χ3v) is 1.56. The molecule has 1 aromatic rings. The summed E-state index contributed by atoms with van der Waals surface area (Å²) >= 11 is 0. The van der Waals surface area contributed by atoms with E-state index in [0.717, 1.165) is 12.0 Å². The van der Waals surface area contributed by atoms with E-state index in [4.69, 9.17) is 10.6 Å². The number of aromatic nitrogens is 1. The number of hydroxylamine groups is 1. The molecule has 0 bridgehead atoms. The fraction of sp³-hybridized carbons (Fsp3) is 0.333. The van der Waals surface area contributed by atoms with Crippen LogP contribution in [0.25, 0.3) is 0 Å². The fourth-order valence-corrected chi connectivity index (χ4v) is 0.936. The Morgan fingerprint density at radius 3 is 3.14 bits per heavy atom. The van der Waals surface area contributed by atoms with E-state index in [-0.39, 0.29) is 6.61 Å². The summed E-state index contributed by atoms with van der Waals surface area (Å²) in [6.45, 7) is 0.520. The molecular weight excluding hydrogens is 182 g/mol. The van der Waals surface area contributed by atoms with Crippen LogP contribution in [0.5, 0.6) is 0 Å². The third-order valence-electron chi connectivity index (χ3n) is 1.56. The first-order valence-electron chi connectivity index (χ1n) is 4.31. The molecule has 76 valence electrons. The molecule has 14 heavy (non-hydrogen) atoms. The average Bonchev–Trinajstić information content (AvgIpc) is 2.18. The molecule has 0 atom stereocenters. The maximum absolute atomic E-state index is 10.3. The second-order valence-corrected chi connectivity index (χ2v) is 2.76. The quantitative estimate of drug-likeness (QED) is 0.479. The van der Waals surface area contributed by atoms with Crippen molar-refractivity contribution in [2.45, 2.75) is 6.42 Å². The number of primary amides is 1. The summed E-state index contributed by atoms with van der Waals surface area (Å²) in [6, 6.07) is 3.85. The van der Waals surface area contributed by atoms with Gasteiger partial charge in [0.15, 0.2) is 0 Å². The van der Waals surface area contributed by atoms with Crippen molar-refractivity contribution in [2.24, 2.45) is 5.73 Å². The number of nitrogens with zero attached hydrogens (tertiary/aromatic N) is 1. The van der Waals surface area contributed by atoms with Gasteiger partial charge >= 0.3 is 0 Å². The summed E-state index contributed by atoms with van der Waals surface area (Å²) in [4.78, 5) is 19.0. The zero-order chi connectivity index (χ0) is 10.2. The predicted octanol–water partition coefficient (Wildman–Crippen LogP) is -0.369. The Kier molecular flexibility index (Phi) is 4.60. The maximum atomic E-state index is 10.3. The second-order valence-electron chi connectivity index (χ2n) is 2.76. The Labute approximate surface area is 82.2 Å². The van der Waals surface area contributed by atoms with Crippen LogP contribution in [-0.4, -0.2) is 24.0 Å². The highest BCUT2D eigenvalue weighted by atomic mass is 16.6. The predicted molar refractivity (Wildman–Crippen MR) is 51.1 cm³/mol. The number of pyridine rings is 1. The minimum atomic E-state index is -0.487. The van der Waals surface area contributed by atoms with Gasteiger partial charge in [-0.2, -0.15) is 0 Å². The first-order chi connectivity index (χ1) is 6.79. The van der Waals surface area contributed by atoms with E-state index in [9.17, 15) is 4.79 Å². The molecule has 0 radical (unpaired) electrons. The van der Waals surface area contributed by atoms with Crippen LogP contribution >= 0.6 is 0 Å². The number of carbonyl (C=O) groups excluding carboxylic acids is 1. The zero-order valence-corrected chi connectivity index (χ0v) is 7.77. The van der Waals surface area contributed by atoms with Gasteiger partial charge in [-0.3, -0.25) is 14.6 Å². The van der Waals surface area contributed by atoms with Gasteiger partial charge in [0, 0.05) is 18.9 Å². The van der Waals surface area contributed by atoms with Crippen LogP contribution in [0.15, 0.2) is 24.5 Å². The number of hydrogen-bond donors (Lipinski definition) is 2. The molecule has 3 N–H and O–H groups in total. The van der Waals surface area contributed by atoms with E-state index < -0.39 is 5.91 Å². The Balaban J connectivity index is 2.08. The molecule has 0 aliphatic rings. The summed E-state index contributed by atoms with van der Waals surface area (Å²) in [7, 11) is 0. The van der Waals surface area contributed by atoms with Crippen molar-refractivity contribution in [3.8, 4) is 0 Å². The van der Waals surface area contributed by atoms with Crippen molar-refractivity contribution >= 4 is 5.91 Å². The lowest BCUT2D eigenvalue weighted by atomic mass is 10.2. The van der Waals surface area contributed by atoms with Crippen LogP contribution in [0.4, 0.5) is 0 Å². The van der Waals surface area contributed by atoms with Crippen molar-refractivity contribution in [1.82, 2.24) is 10.5 Å². The lowest BCUT2D eigenvalue weighted by Crippen LogP contribution is -2.26. The van der Waals surface area contributed by atoms with Crippen LogP contribution in [-0.2, 0) is 16.1 Å². The minimum Gasteiger partial charge on any atom is -0.368 e. The molecule has 5 heteroatoms. The molecule has 5 nitrogen and oxygen atoms in total. The van der Waals surface area contributed by atoms with Crippen LogP contribution in [0, 0.1) is 0 Å². The molecule has 0 saturated heterocycles. The highest BCUT2D eigenvalue weighted by molar-refractivity contribution is 5.74. The smallest absolute Gasteiger partial charge is 0.245 e. The molecule has 0 aliphatic heterocycles. The molecule has 1 heterocycles. The summed E-state index contributed by atoms with van der Waals surface area (Å²) in [5, 5.41) is 0. The standard InChI is InChI=1S/C9H13N3O2/c10-9(13)7-14-12-5-3-8-2-1-4-11-6-8/h1-2,4,6,12H,3,5,7H2,(H2,10,13). The van der Waals surface area contributed by atoms with Gasteiger partial charge in [0.1, 0.15) is 6.61 Å². The highest BCUT2D eigenvalue weighted by Crippen LogP contribution is 1.94. The van der Waals surface area contributed by atoms with E-state index in [1.807, 2.05) is 12.1 Å². The number of rotatable bonds is 6. The van der Waals surface area contributed by atoms with Crippen molar-refractivity contribution in [1.29, 1.82) is 0 Å². The number of nitrogens with one attached hydrogen (secondary N) is 1. The van der Waals surface area contributed by atoms with E-state index in [1.54, 1.807) is 12.4 Å². The van der Waals surface area contributed by atoms with Gasteiger partial charge in [-0.1, -0.05) is 6.07 Å². The first-order valence-corrected chi connectivity index (χ1v) is 4.31. The van der Waals surface area contributed by atoms with E-state index in [0.29, 0.717) is 6.54 Å². The van der Waals surface area contributed by atoms with Crippen LogP contribution in [0.3, 0.4) is 0 Å². The van der Waals surface area contributed by atoms with Gasteiger partial charge in [-0.25, -0.2) is 5.48 Å². The molecule has 1 rings (SSSR count). The Hall–Kier alpha value is -1.46. The Morgan fingerprint density at radius 1 is 1.64 bits per heavy atom. The second kappa shape index (κ2) is 6.06. The molecule has 0 fully saturated rings. The van der Waals surface area contributed by atoms with Crippen LogP contribution in [0.1, 0.15) is 5.56 Å². The van der Waals surface area contributed by atoms with Crippen LogP contribution in [0.2, 0.25) is 0 Å². The normalized spacial score (nSPS) is 10.0. The van der Waals surface area contributed by atoms with E-state index in [2.05, 4.69) is 10.5 Å². The molecule has 0 aliphatic carbocycles. The lowest BCUT2D eigenvalue weighted by Gasteiger charge is -2.03. The SMILES string of the molecule is NC(=O)CONCCc1cccnc1. The monoisotopic (exact) mass is 195 g/mol. The summed E-state index contributed by atoms with van der Waals surface area (Å²) in [5.74, 6) is -0.487. The third kappa shape index (κ3) is 4.54. The van der Waals surface area contributed by atoms with Crippen molar-refractivity contribution in [3.05, 3.63) is 30.1 Å². The van der Waals surface area contributed by atoms with E-state index in [1.165, 1.54) is 0 Å². The average molecular weight is 195 g/mol. The Bertz CT molecular complexity index is 277. The number of hydrogen-bond acceptors (Lipinski definition) is 4. The van der Waals surface area contributed by atoms with Gasteiger partial charge in [-0.05, 0) is 18.1 Å².